The van der Waals surface area contributed by atoms with Gasteiger partial charge in [-0.1, -0.05) is 6.92 Å². The predicted octanol–water partition coefficient (Wildman–Crippen LogP) is 4.79. The Balaban J connectivity index is 1.30. The van der Waals surface area contributed by atoms with Gasteiger partial charge in [-0.3, -0.25) is 0 Å². The van der Waals surface area contributed by atoms with Crippen LogP contribution in [0.4, 0.5) is 21.7 Å². The van der Waals surface area contributed by atoms with Crippen LogP contribution in [0.3, 0.4) is 0 Å². The first-order valence-corrected chi connectivity index (χ1v) is 13.0. The maximum absolute atomic E-state index is 13.7. The SMILES string of the molecule is CCc1cc(-c2cnn(-c3ccc(N)cc3N3CCC4(CC3)CC4)c2)nc(N2CCC(F)CC2)n1. The summed E-state index contributed by atoms with van der Waals surface area (Å²) in [5.41, 5.74) is 12.6. The highest BCUT2D eigenvalue weighted by molar-refractivity contribution is 5.69. The molecule has 2 aromatic heterocycles. The van der Waals surface area contributed by atoms with Gasteiger partial charge in [0.1, 0.15) is 6.17 Å². The molecule has 1 aliphatic carbocycles. The van der Waals surface area contributed by atoms with Gasteiger partial charge < -0.3 is 15.5 Å². The maximum atomic E-state index is 13.7. The molecule has 3 aliphatic rings. The lowest BCUT2D eigenvalue weighted by Crippen LogP contribution is -2.35. The molecule has 1 aromatic carbocycles. The Bertz CT molecular complexity index is 1200. The molecule has 184 valence electrons. The Morgan fingerprint density at radius 1 is 0.971 bits per heavy atom. The topological polar surface area (TPSA) is 76.1 Å². The number of hydrogen-bond donors (Lipinski definition) is 1. The van der Waals surface area contributed by atoms with Gasteiger partial charge in [0.15, 0.2) is 0 Å². The van der Waals surface area contributed by atoms with Crippen LogP contribution >= 0.6 is 0 Å². The number of nitrogens with zero attached hydrogens (tertiary/aromatic N) is 6. The number of benzene rings is 1. The zero-order valence-corrected chi connectivity index (χ0v) is 20.5. The lowest BCUT2D eigenvalue weighted by Gasteiger charge is -2.35. The second-order valence-electron chi connectivity index (χ2n) is 10.5. The summed E-state index contributed by atoms with van der Waals surface area (Å²) in [6.45, 7) is 5.53. The van der Waals surface area contributed by atoms with Crippen LogP contribution in [-0.4, -0.2) is 52.1 Å². The third-order valence-electron chi connectivity index (χ3n) is 8.08. The summed E-state index contributed by atoms with van der Waals surface area (Å²) in [5, 5.41) is 4.72. The van der Waals surface area contributed by atoms with E-state index in [2.05, 4.69) is 28.9 Å². The Kier molecular flexibility index (Phi) is 5.61. The standard InChI is InChI=1S/C27H34FN7/c1-2-22-16-23(32-26(31-22)34-11-5-20(28)6-12-34)19-17-30-35(18-19)24-4-3-21(29)15-25(24)33-13-9-27(7-8-27)10-14-33/h3-4,15-18,20H,2,5-14,29H2,1H3. The Morgan fingerprint density at radius 2 is 1.74 bits per heavy atom. The highest BCUT2D eigenvalue weighted by atomic mass is 19.1. The highest BCUT2D eigenvalue weighted by Crippen LogP contribution is 2.54. The predicted molar refractivity (Wildman–Crippen MR) is 138 cm³/mol. The fourth-order valence-corrected chi connectivity index (χ4v) is 5.47. The van der Waals surface area contributed by atoms with Gasteiger partial charge in [-0.05, 0) is 74.6 Å². The monoisotopic (exact) mass is 475 g/mol. The molecule has 8 heteroatoms. The number of hydrogen-bond acceptors (Lipinski definition) is 6. The van der Waals surface area contributed by atoms with E-state index < -0.39 is 6.17 Å². The number of aromatic nitrogens is 4. The average Bonchev–Trinajstić information content (AvgIpc) is 3.45. The van der Waals surface area contributed by atoms with Crippen molar-refractivity contribution in [2.75, 3.05) is 41.7 Å². The smallest absolute Gasteiger partial charge is 0.226 e. The summed E-state index contributed by atoms with van der Waals surface area (Å²) in [6, 6.07) is 8.12. The first kappa shape index (κ1) is 22.3. The first-order valence-electron chi connectivity index (χ1n) is 13.0. The van der Waals surface area contributed by atoms with Gasteiger partial charge in [0.05, 0.1) is 23.3 Å². The minimum absolute atomic E-state index is 0.532. The average molecular weight is 476 g/mol. The van der Waals surface area contributed by atoms with Gasteiger partial charge >= 0.3 is 0 Å². The zero-order chi connectivity index (χ0) is 24.0. The van der Waals surface area contributed by atoms with E-state index in [1.807, 2.05) is 29.2 Å². The van der Waals surface area contributed by atoms with E-state index in [9.17, 15) is 4.39 Å². The summed E-state index contributed by atoms with van der Waals surface area (Å²) in [4.78, 5) is 14.2. The third-order valence-corrected chi connectivity index (χ3v) is 8.08. The molecule has 6 rings (SSSR count). The normalized spacial score (nSPS) is 19.9. The quantitative estimate of drug-likeness (QED) is 0.535. The van der Waals surface area contributed by atoms with Crippen molar-refractivity contribution in [2.45, 2.75) is 58.0 Å². The number of aryl methyl sites for hydroxylation is 1. The molecule has 4 heterocycles. The van der Waals surface area contributed by atoms with E-state index in [1.54, 1.807) is 0 Å². The van der Waals surface area contributed by atoms with Gasteiger partial charge in [0.25, 0.3) is 0 Å². The van der Waals surface area contributed by atoms with Crippen LogP contribution in [-0.2, 0) is 6.42 Å². The van der Waals surface area contributed by atoms with Crippen LogP contribution in [0.25, 0.3) is 16.9 Å². The molecule has 7 nitrogen and oxygen atoms in total. The molecule has 0 bridgehead atoms. The molecule has 0 unspecified atom stereocenters. The van der Waals surface area contributed by atoms with E-state index in [0.717, 1.165) is 53.5 Å². The van der Waals surface area contributed by atoms with Crippen molar-refractivity contribution in [3.63, 3.8) is 0 Å². The fraction of sp³-hybridized carbons (Fsp3) is 0.519. The van der Waals surface area contributed by atoms with Crippen molar-refractivity contribution >= 4 is 17.3 Å². The molecular formula is C27H34FN7. The molecule has 0 radical (unpaired) electrons. The van der Waals surface area contributed by atoms with Gasteiger partial charge in [-0.25, -0.2) is 19.0 Å². The summed E-state index contributed by atoms with van der Waals surface area (Å²) < 4.78 is 15.6. The van der Waals surface area contributed by atoms with Crippen molar-refractivity contribution in [1.82, 2.24) is 19.7 Å². The Labute approximate surface area is 206 Å². The van der Waals surface area contributed by atoms with E-state index in [1.165, 1.54) is 25.7 Å². The minimum Gasteiger partial charge on any atom is -0.399 e. The van der Waals surface area contributed by atoms with E-state index in [0.29, 0.717) is 37.3 Å². The van der Waals surface area contributed by atoms with E-state index >= 15 is 0 Å². The number of halogens is 1. The summed E-state index contributed by atoms with van der Waals surface area (Å²) >= 11 is 0. The number of nitrogen functional groups attached to an aromatic ring is 1. The molecule has 0 atom stereocenters. The van der Waals surface area contributed by atoms with Crippen molar-refractivity contribution in [3.8, 4) is 16.9 Å². The van der Waals surface area contributed by atoms with Crippen LogP contribution < -0.4 is 15.5 Å². The summed E-state index contributed by atoms with van der Waals surface area (Å²) in [6.07, 6.45) is 10.4. The van der Waals surface area contributed by atoms with Gasteiger partial charge in [-0.2, -0.15) is 5.10 Å². The van der Waals surface area contributed by atoms with Crippen molar-refractivity contribution in [1.29, 1.82) is 0 Å². The van der Waals surface area contributed by atoms with Gasteiger partial charge in [0, 0.05) is 49.3 Å². The number of rotatable bonds is 5. The number of piperidine rings is 2. The van der Waals surface area contributed by atoms with Gasteiger partial charge in [-0.15, -0.1) is 0 Å². The largest absolute Gasteiger partial charge is 0.399 e. The van der Waals surface area contributed by atoms with E-state index in [-0.39, 0.29) is 0 Å². The maximum Gasteiger partial charge on any atom is 0.226 e. The van der Waals surface area contributed by atoms with Crippen molar-refractivity contribution in [3.05, 3.63) is 42.4 Å². The van der Waals surface area contributed by atoms with Gasteiger partial charge in [0.2, 0.25) is 5.95 Å². The molecule has 0 amide bonds. The van der Waals surface area contributed by atoms with Crippen LogP contribution in [0.15, 0.2) is 36.7 Å². The highest BCUT2D eigenvalue weighted by Gasteiger charge is 2.44. The molecule has 1 spiro atoms. The van der Waals surface area contributed by atoms with Crippen LogP contribution in [0, 0.1) is 5.41 Å². The van der Waals surface area contributed by atoms with E-state index in [4.69, 9.17) is 20.8 Å². The number of nitrogens with two attached hydrogens (primary N) is 1. The van der Waals surface area contributed by atoms with Crippen LogP contribution in [0.5, 0.6) is 0 Å². The third kappa shape index (κ3) is 4.46. The van der Waals surface area contributed by atoms with Crippen molar-refractivity contribution < 1.29 is 4.39 Å². The molecule has 3 aromatic rings. The Morgan fingerprint density at radius 3 is 2.46 bits per heavy atom. The molecule has 3 fully saturated rings. The lowest BCUT2D eigenvalue weighted by atomic mass is 9.93. The molecule has 2 saturated heterocycles. The fourth-order valence-electron chi connectivity index (χ4n) is 5.47. The molecule has 2 N–H and O–H groups in total. The molecular weight excluding hydrogens is 441 g/mol. The lowest BCUT2D eigenvalue weighted by molar-refractivity contribution is 0.276. The van der Waals surface area contributed by atoms with Crippen molar-refractivity contribution in [2.24, 2.45) is 5.41 Å². The summed E-state index contributed by atoms with van der Waals surface area (Å²) in [5.74, 6) is 0.689. The molecule has 35 heavy (non-hydrogen) atoms. The first-order chi connectivity index (χ1) is 17.0. The minimum atomic E-state index is -0.720. The van der Waals surface area contributed by atoms with Crippen LogP contribution in [0.2, 0.25) is 0 Å². The molecule has 1 saturated carbocycles. The second-order valence-corrected chi connectivity index (χ2v) is 10.5. The number of anilines is 3. The zero-order valence-electron chi connectivity index (χ0n) is 20.5. The Hall–Kier alpha value is -3.16. The number of alkyl halides is 1. The van der Waals surface area contributed by atoms with Crippen LogP contribution in [0.1, 0.15) is 51.1 Å². The second kappa shape index (κ2) is 8.81. The molecule has 2 aliphatic heterocycles. The summed E-state index contributed by atoms with van der Waals surface area (Å²) in [7, 11) is 0.